The molecule has 0 saturated carbocycles. The third-order valence-corrected chi connectivity index (χ3v) is 4.44. The van der Waals surface area contributed by atoms with Gasteiger partial charge in [-0.1, -0.05) is 42.5 Å². The number of hydrogen-bond acceptors (Lipinski definition) is 3. The van der Waals surface area contributed by atoms with E-state index < -0.39 is 0 Å². The van der Waals surface area contributed by atoms with Gasteiger partial charge < -0.3 is 14.8 Å². The fraction of sp³-hybridized carbons (Fsp3) is 0.400. The molecule has 1 aliphatic heterocycles. The van der Waals surface area contributed by atoms with E-state index in [4.69, 9.17) is 9.47 Å². The minimum Gasteiger partial charge on any atom is -0.490 e. The number of rotatable bonds is 6. The first-order valence-electron chi connectivity index (χ1n) is 8.48. The molecule has 3 nitrogen and oxygen atoms in total. The van der Waals surface area contributed by atoms with Crippen molar-refractivity contribution in [1.29, 1.82) is 0 Å². The van der Waals surface area contributed by atoms with E-state index in [1.807, 2.05) is 31.2 Å². The Morgan fingerprint density at radius 1 is 0.958 bits per heavy atom. The lowest BCUT2D eigenvalue weighted by Gasteiger charge is -2.32. The SMILES string of the molecule is CCOc1ccccc1OC[C@H]1CNCC[C@H]1c1ccccc1.Cl. The van der Waals surface area contributed by atoms with Crippen molar-refractivity contribution in [1.82, 2.24) is 5.32 Å². The van der Waals surface area contributed by atoms with Crippen LogP contribution in [0, 0.1) is 5.92 Å². The second kappa shape index (κ2) is 9.55. The van der Waals surface area contributed by atoms with Gasteiger partial charge in [-0.05, 0) is 43.5 Å². The summed E-state index contributed by atoms with van der Waals surface area (Å²) in [5.74, 6) is 2.69. The van der Waals surface area contributed by atoms with E-state index in [1.54, 1.807) is 0 Å². The number of para-hydroxylation sites is 2. The lowest BCUT2D eigenvalue weighted by molar-refractivity contribution is 0.189. The average Bonchev–Trinajstić information content (AvgIpc) is 2.62. The summed E-state index contributed by atoms with van der Waals surface area (Å²) >= 11 is 0. The average molecular weight is 348 g/mol. The fourth-order valence-corrected chi connectivity index (χ4v) is 3.28. The molecule has 1 aliphatic rings. The Hall–Kier alpha value is -1.71. The van der Waals surface area contributed by atoms with Crippen molar-refractivity contribution in [3.63, 3.8) is 0 Å². The van der Waals surface area contributed by atoms with Gasteiger partial charge in [-0.2, -0.15) is 0 Å². The molecule has 0 radical (unpaired) electrons. The van der Waals surface area contributed by atoms with Gasteiger partial charge in [0.05, 0.1) is 13.2 Å². The highest BCUT2D eigenvalue weighted by molar-refractivity contribution is 5.85. The zero-order valence-corrected chi connectivity index (χ0v) is 14.9. The van der Waals surface area contributed by atoms with Crippen molar-refractivity contribution >= 4 is 12.4 Å². The van der Waals surface area contributed by atoms with Gasteiger partial charge in [0.15, 0.2) is 11.5 Å². The smallest absolute Gasteiger partial charge is 0.161 e. The summed E-state index contributed by atoms with van der Waals surface area (Å²) in [7, 11) is 0. The number of ether oxygens (including phenoxy) is 2. The summed E-state index contributed by atoms with van der Waals surface area (Å²) in [6.45, 7) is 5.42. The lowest BCUT2D eigenvalue weighted by atomic mass is 9.81. The summed E-state index contributed by atoms with van der Waals surface area (Å²) in [6, 6.07) is 18.7. The predicted molar refractivity (Wildman–Crippen MR) is 101 cm³/mol. The van der Waals surface area contributed by atoms with Crippen LogP contribution in [0.2, 0.25) is 0 Å². The molecule has 1 saturated heterocycles. The molecule has 24 heavy (non-hydrogen) atoms. The molecule has 0 unspecified atom stereocenters. The topological polar surface area (TPSA) is 30.5 Å². The van der Waals surface area contributed by atoms with E-state index in [-0.39, 0.29) is 12.4 Å². The van der Waals surface area contributed by atoms with Gasteiger partial charge >= 0.3 is 0 Å². The second-order valence-corrected chi connectivity index (χ2v) is 5.96. The van der Waals surface area contributed by atoms with Gasteiger partial charge in [-0.15, -0.1) is 12.4 Å². The molecule has 4 heteroatoms. The van der Waals surface area contributed by atoms with E-state index in [0.29, 0.717) is 25.0 Å². The van der Waals surface area contributed by atoms with Crippen molar-refractivity contribution in [3.05, 3.63) is 60.2 Å². The molecule has 1 N–H and O–H groups in total. The van der Waals surface area contributed by atoms with E-state index >= 15 is 0 Å². The Balaban J connectivity index is 0.00000208. The lowest BCUT2D eigenvalue weighted by Crippen LogP contribution is -2.38. The molecule has 0 aromatic heterocycles. The Bertz CT molecular complexity index is 606. The number of nitrogens with one attached hydrogen (secondary N) is 1. The fourth-order valence-electron chi connectivity index (χ4n) is 3.28. The van der Waals surface area contributed by atoms with Crippen LogP contribution in [0.25, 0.3) is 0 Å². The first kappa shape index (κ1) is 18.6. The molecular weight excluding hydrogens is 322 g/mol. The van der Waals surface area contributed by atoms with Gasteiger partial charge in [0.25, 0.3) is 0 Å². The molecule has 0 amide bonds. The van der Waals surface area contributed by atoms with Crippen LogP contribution >= 0.6 is 12.4 Å². The maximum Gasteiger partial charge on any atom is 0.161 e. The summed E-state index contributed by atoms with van der Waals surface area (Å²) in [5.41, 5.74) is 1.42. The molecule has 3 rings (SSSR count). The van der Waals surface area contributed by atoms with E-state index in [9.17, 15) is 0 Å². The Kier molecular flexibility index (Phi) is 7.41. The molecule has 1 heterocycles. The van der Waals surface area contributed by atoms with Crippen LogP contribution in [0.1, 0.15) is 24.8 Å². The Morgan fingerprint density at radius 2 is 1.62 bits per heavy atom. The molecule has 0 spiro atoms. The van der Waals surface area contributed by atoms with E-state index in [1.165, 1.54) is 5.56 Å². The molecule has 0 bridgehead atoms. The highest BCUT2D eigenvalue weighted by Crippen LogP contribution is 2.32. The quantitative estimate of drug-likeness (QED) is 0.846. The second-order valence-electron chi connectivity index (χ2n) is 5.96. The minimum atomic E-state index is 0. The Morgan fingerprint density at radius 3 is 2.33 bits per heavy atom. The highest BCUT2D eigenvalue weighted by Gasteiger charge is 2.27. The normalized spacial score (nSPS) is 20.0. The van der Waals surface area contributed by atoms with Crippen molar-refractivity contribution in [2.75, 3.05) is 26.3 Å². The van der Waals surface area contributed by atoms with Gasteiger partial charge in [0.1, 0.15) is 0 Å². The van der Waals surface area contributed by atoms with Crippen LogP contribution in [0.4, 0.5) is 0 Å². The summed E-state index contributed by atoms with van der Waals surface area (Å²) in [4.78, 5) is 0. The van der Waals surface area contributed by atoms with E-state index in [0.717, 1.165) is 31.0 Å². The van der Waals surface area contributed by atoms with Crippen LogP contribution in [0.5, 0.6) is 11.5 Å². The van der Waals surface area contributed by atoms with Gasteiger partial charge in [0.2, 0.25) is 0 Å². The molecule has 2 atom stereocenters. The van der Waals surface area contributed by atoms with Crippen molar-refractivity contribution in [2.24, 2.45) is 5.92 Å². The molecular formula is C20H26ClNO2. The first-order valence-corrected chi connectivity index (χ1v) is 8.48. The van der Waals surface area contributed by atoms with Crippen LogP contribution in [-0.4, -0.2) is 26.3 Å². The number of piperidine rings is 1. The summed E-state index contributed by atoms with van der Waals surface area (Å²) in [5, 5.41) is 3.50. The van der Waals surface area contributed by atoms with Crippen molar-refractivity contribution in [3.8, 4) is 11.5 Å². The number of benzene rings is 2. The molecule has 2 aromatic rings. The standard InChI is InChI=1S/C20H25NO2.ClH/c1-2-22-19-10-6-7-11-20(19)23-15-17-14-21-13-12-18(17)16-8-4-3-5-9-16;/h3-11,17-18,21H,2,12-15H2,1H3;1H/t17-,18+;/m1./s1. The molecule has 1 fully saturated rings. The molecule has 2 aromatic carbocycles. The third-order valence-electron chi connectivity index (χ3n) is 4.44. The van der Waals surface area contributed by atoms with Crippen molar-refractivity contribution in [2.45, 2.75) is 19.3 Å². The predicted octanol–water partition coefficient (Wildman–Crippen LogP) is 4.28. The maximum absolute atomic E-state index is 6.12. The monoisotopic (exact) mass is 347 g/mol. The van der Waals surface area contributed by atoms with Crippen LogP contribution < -0.4 is 14.8 Å². The van der Waals surface area contributed by atoms with Gasteiger partial charge in [-0.3, -0.25) is 0 Å². The van der Waals surface area contributed by atoms with Crippen LogP contribution in [0.15, 0.2) is 54.6 Å². The maximum atomic E-state index is 6.12. The number of hydrogen-bond donors (Lipinski definition) is 1. The minimum absolute atomic E-state index is 0. The number of halogens is 1. The summed E-state index contributed by atoms with van der Waals surface area (Å²) < 4.78 is 11.8. The van der Waals surface area contributed by atoms with Crippen LogP contribution in [0.3, 0.4) is 0 Å². The largest absolute Gasteiger partial charge is 0.490 e. The van der Waals surface area contributed by atoms with Gasteiger partial charge in [-0.25, -0.2) is 0 Å². The van der Waals surface area contributed by atoms with Crippen molar-refractivity contribution < 1.29 is 9.47 Å². The van der Waals surface area contributed by atoms with E-state index in [2.05, 4.69) is 35.6 Å². The van der Waals surface area contributed by atoms with Gasteiger partial charge in [0, 0.05) is 12.5 Å². The molecule has 130 valence electrons. The van der Waals surface area contributed by atoms with Crippen LogP contribution in [-0.2, 0) is 0 Å². The third kappa shape index (κ3) is 4.65. The summed E-state index contributed by atoms with van der Waals surface area (Å²) in [6.07, 6.45) is 1.16. The zero-order valence-electron chi connectivity index (χ0n) is 14.1. The Labute approximate surface area is 150 Å². The molecule has 0 aliphatic carbocycles. The first-order chi connectivity index (χ1) is 11.4. The highest BCUT2D eigenvalue weighted by atomic mass is 35.5. The zero-order chi connectivity index (χ0) is 15.9.